The molecule has 2 saturated heterocycles. The Balaban J connectivity index is 1.24. The molecular formula is C31H33N3O6. The molecule has 6 rings (SSSR count). The standard InChI is InChI=1S/C31H33N3O6/c1-33-11-9-19(10-12-33)3-8-25(35)20-4-5-21-14-27(40-26(21)13-20)31(16-28(36)32-30(31)38)18-34-17-22-6-7-23(39-2)15-24(22)29(34)37/h4-7,13-15,19H,3,8-12,16-18H2,1-2H3,(H,32,36,38)/t31-/m1/s1. The third kappa shape index (κ3) is 4.68. The summed E-state index contributed by atoms with van der Waals surface area (Å²) in [7, 11) is 3.67. The monoisotopic (exact) mass is 543 g/mol. The highest BCUT2D eigenvalue weighted by Crippen LogP contribution is 2.39. The van der Waals surface area contributed by atoms with Crippen molar-refractivity contribution in [3.63, 3.8) is 0 Å². The van der Waals surface area contributed by atoms with Gasteiger partial charge in [-0.3, -0.25) is 24.5 Å². The third-order valence-corrected chi connectivity index (χ3v) is 8.74. The highest BCUT2D eigenvalue weighted by atomic mass is 16.5. The zero-order chi connectivity index (χ0) is 28.0. The fraction of sp³-hybridized carbons (Fsp3) is 0.419. The van der Waals surface area contributed by atoms with Crippen LogP contribution in [-0.2, 0) is 21.5 Å². The lowest BCUT2D eigenvalue weighted by molar-refractivity contribution is -0.127. The number of piperidine rings is 1. The molecule has 1 N–H and O–H groups in total. The number of carbonyl (C=O) groups excluding carboxylic acids is 4. The van der Waals surface area contributed by atoms with Crippen molar-refractivity contribution >= 4 is 34.5 Å². The van der Waals surface area contributed by atoms with Gasteiger partial charge in [0.05, 0.1) is 13.5 Å². The molecule has 9 nitrogen and oxygen atoms in total. The summed E-state index contributed by atoms with van der Waals surface area (Å²) >= 11 is 0. The average molecular weight is 544 g/mol. The minimum Gasteiger partial charge on any atom is -0.497 e. The van der Waals surface area contributed by atoms with Crippen LogP contribution < -0.4 is 10.1 Å². The van der Waals surface area contributed by atoms with Crippen molar-refractivity contribution in [2.24, 2.45) is 5.92 Å². The van der Waals surface area contributed by atoms with Crippen molar-refractivity contribution in [2.75, 3.05) is 33.8 Å². The molecule has 0 bridgehead atoms. The average Bonchev–Trinajstić information content (AvgIpc) is 3.61. The maximum absolute atomic E-state index is 13.3. The van der Waals surface area contributed by atoms with Gasteiger partial charge in [-0.15, -0.1) is 0 Å². The maximum atomic E-state index is 13.3. The summed E-state index contributed by atoms with van der Waals surface area (Å²) < 4.78 is 11.5. The number of hydrogen-bond acceptors (Lipinski definition) is 7. The number of fused-ring (bicyclic) bond motifs is 2. The van der Waals surface area contributed by atoms with E-state index in [9.17, 15) is 19.2 Å². The van der Waals surface area contributed by atoms with Gasteiger partial charge in [-0.2, -0.15) is 0 Å². The first-order valence-corrected chi connectivity index (χ1v) is 13.8. The van der Waals surface area contributed by atoms with Crippen LogP contribution in [0.4, 0.5) is 0 Å². The number of nitrogens with zero attached hydrogens (tertiary/aromatic N) is 2. The van der Waals surface area contributed by atoms with Crippen LogP contribution in [0.25, 0.3) is 11.0 Å². The van der Waals surface area contributed by atoms with E-state index in [2.05, 4.69) is 17.3 Å². The van der Waals surface area contributed by atoms with E-state index in [4.69, 9.17) is 9.15 Å². The molecule has 3 amide bonds. The van der Waals surface area contributed by atoms with Crippen LogP contribution in [0, 0.1) is 5.92 Å². The van der Waals surface area contributed by atoms with E-state index >= 15 is 0 Å². The fourth-order valence-corrected chi connectivity index (χ4v) is 6.24. The number of likely N-dealkylation sites (tertiary alicyclic amines) is 1. The number of Topliss-reactive ketones (excluding diaryl/α,β-unsaturated/α-hetero) is 1. The molecule has 3 aromatic rings. The number of imide groups is 1. The van der Waals surface area contributed by atoms with Gasteiger partial charge in [0.2, 0.25) is 11.8 Å². The molecule has 0 aliphatic carbocycles. The van der Waals surface area contributed by atoms with Gasteiger partial charge in [0.25, 0.3) is 5.91 Å². The van der Waals surface area contributed by atoms with E-state index < -0.39 is 17.2 Å². The quantitative estimate of drug-likeness (QED) is 0.341. The molecule has 9 heteroatoms. The molecule has 3 aliphatic rings. The number of amides is 3. The smallest absolute Gasteiger partial charge is 0.254 e. The Labute approximate surface area is 232 Å². The Morgan fingerprint density at radius 2 is 1.90 bits per heavy atom. The van der Waals surface area contributed by atoms with Gasteiger partial charge >= 0.3 is 0 Å². The fourth-order valence-electron chi connectivity index (χ4n) is 6.24. The summed E-state index contributed by atoms with van der Waals surface area (Å²) in [6.07, 6.45) is 3.46. The van der Waals surface area contributed by atoms with Gasteiger partial charge in [-0.25, -0.2) is 0 Å². The lowest BCUT2D eigenvalue weighted by atomic mass is 9.82. The lowest BCUT2D eigenvalue weighted by Gasteiger charge is -2.28. The number of nitrogens with one attached hydrogen (secondary N) is 1. The van der Waals surface area contributed by atoms with E-state index in [0.29, 0.717) is 47.1 Å². The molecule has 3 aliphatic heterocycles. The molecule has 2 aromatic carbocycles. The number of furan rings is 1. The number of methoxy groups -OCH3 is 1. The number of benzene rings is 2. The second-order valence-electron chi connectivity index (χ2n) is 11.4. The summed E-state index contributed by atoms with van der Waals surface area (Å²) in [4.78, 5) is 55.9. The van der Waals surface area contributed by atoms with Crippen LogP contribution in [0.1, 0.15) is 64.1 Å². The molecule has 0 unspecified atom stereocenters. The first-order valence-electron chi connectivity index (χ1n) is 13.8. The van der Waals surface area contributed by atoms with Gasteiger partial charge in [-0.05, 0) is 75.1 Å². The van der Waals surface area contributed by atoms with Crippen molar-refractivity contribution in [1.29, 1.82) is 0 Å². The molecule has 0 radical (unpaired) electrons. The van der Waals surface area contributed by atoms with Crippen LogP contribution in [0.3, 0.4) is 0 Å². The van der Waals surface area contributed by atoms with Gasteiger partial charge in [0.1, 0.15) is 22.5 Å². The van der Waals surface area contributed by atoms with Crippen LogP contribution >= 0.6 is 0 Å². The molecule has 1 aromatic heterocycles. The van der Waals surface area contributed by atoms with Crippen LogP contribution in [0.5, 0.6) is 5.75 Å². The van der Waals surface area contributed by atoms with Gasteiger partial charge in [-0.1, -0.05) is 18.2 Å². The van der Waals surface area contributed by atoms with E-state index in [1.165, 1.54) is 0 Å². The third-order valence-electron chi connectivity index (χ3n) is 8.74. The van der Waals surface area contributed by atoms with Gasteiger partial charge < -0.3 is 19.0 Å². The summed E-state index contributed by atoms with van der Waals surface area (Å²) in [5, 5.41) is 3.14. The normalized spacial score (nSPS) is 21.8. The van der Waals surface area contributed by atoms with Gasteiger partial charge in [0, 0.05) is 36.0 Å². The minimum atomic E-state index is -1.36. The highest BCUT2D eigenvalue weighted by molar-refractivity contribution is 6.10. The first kappa shape index (κ1) is 26.3. The summed E-state index contributed by atoms with van der Waals surface area (Å²) in [6, 6.07) is 12.4. The second-order valence-corrected chi connectivity index (χ2v) is 11.4. The van der Waals surface area contributed by atoms with E-state index in [1.807, 2.05) is 12.1 Å². The Bertz CT molecular complexity index is 1520. The minimum absolute atomic E-state index is 0.0113. The van der Waals surface area contributed by atoms with Crippen LogP contribution in [-0.4, -0.2) is 67.1 Å². The SMILES string of the molecule is COc1ccc2c(c1)C(=O)N(C[C@@]1(c3cc4ccc(C(=O)CCC5CCN(C)CC5)cc4o3)CC(=O)NC1=O)C2. The van der Waals surface area contributed by atoms with Crippen molar-refractivity contribution in [2.45, 2.75) is 44.1 Å². The first-order chi connectivity index (χ1) is 19.3. The Kier molecular flexibility index (Phi) is 6.70. The molecule has 40 heavy (non-hydrogen) atoms. The second kappa shape index (κ2) is 10.2. The Morgan fingerprint density at radius 3 is 2.62 bits per heavy atom. The molecular weight excluding hydrogens is 510 g/mol. The van der Waals surface area contributed by atoms with Crippen molar-refractivity contribution in [3.05, 3.63) is 64.9 Å². The predicted octanol–water partition coefficient (Wildman–Crippen LogP) is 3.69. The highest BCUT2D eigenvalue weighted by Gasteiger charge is 2.53. The zero-order valence-electron chi connectivity index (χ0n) is 22.8. The number of carbonyl (C=O) groups is 4. The van der Waals surface area contributed by atoms with Crippen molar-refractivity contribution in [3.8, 4) is 5.75 Å². The summed E-state index contributed by atoms with van der Waals surface area (Å²) in [5.74, 6) is 0.382. The van der Waals surface area contributed by atoms with E-state index in [-0.39, 0.29) is 24.7 Å². The lowest BCUT2D eigenvalue weighted by Crippen LogP contribution is -2.46. The summed E-state index contributed by atoms with van der Waals surface area (Å²) in [5.41, 5.74) is 1.04. The number of ether oxygens (including phenoxy) is 1. The summed E-state index contributed by atoms with van der Waals surface area (Å²) in [6.45, 7) is 2.45. The largest absolute Gasteiger partial charge is 0.497 e. The predicted molar refractivity (Wildman–Crippen MR) is 147 cm³/mol. The van der Waals surface area contributed by atoms with Crippen molar-refractivity contribution < 1.29 is 28.3 Å². The topological polar surface area (TPSA) is 109 Å². The van der Waals surface area contributed by atoms with Gasteiger partial charge in [0.15, 0.2) is 5.78 Å². The zero-order valence-corrected chi connectivity index (χ0v) is 22.8. The molecule has 1 atom stereocenters. The molecule has 208 valence electrons. The molecule has 0 saturated carbocycles. The molecule has 4 heterocycles. The Morgan fingerprint density at radius 1 is 1.10 bits per heavy atom. The number of hydrogen-bond donors (Lipinski definition) is 1. The number of ketones is 1. The molecule has 2 fully saturated rings. The van der Waals surface area contributed by atoms with E-state index in [1.54, 1.807) is 42.3 Å². The van der Waals surface area contributed by atoms with Crippen molar-refractivity contribution in [1.82, 2.24) is 15.1 Å². The Hall–Kier alpha value is -3.98. The maximum Gasteiger partial charge on any atom is 0.254 e. The van der Waals surface area contributed by atoms with Crippen LogP contribution in [0.15, 0.2) is 46.9 Å². The van der Waals surface area contributed by atoms with E-state index in [0.717, 1.165) is 43.3 Å². The van der Waals surface area contributed by atoms with Crippen LogP contribution in [0.2, 0.25) is 0 Å². The molecule has 0 spiro atoms. The number of rotatable bonds is 8.